The van der Waals surface area contributed by atoms with Crippen LogP contribution < -0.4 is 10.6 Å². The van der Waals surface area contributed by atoms with Crippen molar-refractivity contribution in [3.8, 4) is 0 Å². The first-order chi connectivity index (χ1) is 12.3. The van der Waals surface area contributed by atoms with Crippen molar-refractivity contribution in [1.82, 2.24) is 30.3 Å². The topological polar surface area (TPSA) is 96.7 Å². The number of ether oxygens (including phenoxy) is 1. The van der Waals surface area contributed by atoms with Crippen LogP contribution in [0.2, 0.25) is 0 Å². The summed E-state index contributed by atoms with van der Waals surface area (Å²) in [5.41, 5.74) is -0.260. The molecular formula is C17H34IN7O2. The van der Waals surface area contributed by atoms with E-state index in [1.54, 1.807) is 13.4 Å². The van der Waals surface area contributed by atoms with Gasteiger partial charge in [-0.3, -0.25) is 9.79 Å². The highest BCUT2D eigenvalue weighted by atomic mass is 127. The molecule has 0 saturated carbocycles. The number of aromatic nitrogens is 3. The summed E-state index contributed by atoms with van der Waals surface area (Å²) in [5, 5.41) is 14.3. The lowest BCUT2D eigenvalue weighted by Crippen LogP contribution is -2.49. The summed E-state index contributed by atoms with van der Waals surface area (Å²) in [7, 11) is 3.48. The van der Waals surface area contributed by atoms with Gasteiger partial charge in [0.25, 0.3) is 0 Å². The van der Waals surface area contributed by atoms with Gasteiger partial charge in [-0.15, -0.1) is 34.2 Å². The second-order valence-corrected chi connectivity index (χ2v) is 7.07. The summed E-state index contributed by atoms with van der Waals surface area (Å²) in [6.45, 7) is 10.6. The zero-order chi connectivity index (χ0) is 19.6. The standard InChI is InChI=1S/C17H33N7O2.HI/c1-7-14-22-20-13-24(14)10-8-18-16(19-9-11-26-6)23(5)12-15(25)21-17(2,3)4;/h13H,7-12H2,1-6H3,(H,18,19)(H,21,25);1H. The van der Waals surface area contributed by atoms with E-state index >= 15 is 0 Å². The second kappa shape index (κ2) is 12.9. The largest absolute Gasteiger partial charge is 0.383 e. The molecule has 0 aliphatic carbocycles. The number of halogens is 1. The molecule has 2 N–H and O–H groups in total. The fourth-order valence-electron chi connectivity index (χ4n) is 2.33. The third-order valence-electron chi connectivity index (χ3n) is 3.46. The van der Waals surface area contributed by atoms with E-state index < -0.39 is 0 Å². The van der Waals surface area contributed by atoms with Crippen molar-refractivity contribution < 1.29 is 9.53 Å². The maximum Gasteiger partial charge on any atom is 0.240 e. The van der Waals surface area contributed by atoms with Crippen LogP contribution >= 0.6 is 24.0 Å². The first kappa shape index (κ1) is 25.6. The molecule has 27 heavy (non-hydrogen) atoms. The van der Waals surface area contributed by atoms with E-state index in [-0.39, 0.29) is 42.0 Å². The third kappa shape index (κ3) is 10.5. The molecule has 1 amide bonds. The van der Waals surface area contributed by atoms with Crippen LogP contribution in [0.1, 0.15) is 33.5 Å². The van der Waals surface area contributed by atoms with Crippen LogP contribution in [0.5, 0.6) is 0 Å². The molecule has 1 aromatic rings. The zero-order valence-electron chi connectivity index (χ0n) is 17.3. The van der Waals surface area contributed by atoms with Gasteiger partial charge in [0.2, 0.25) is 5.91 Å². The van der Waals surface area contributed by atoms with Crippen LogP contribution in [0.4, 0.5) is 0 Å². The van der Waals surface area contributed by atoms with Crippen molar-refractivity contribution in [2.75, 3.05) is 40.4 Å². The van der Waals surface area contributed by atoms with E-state index in [1.165, 1.54) is 0 Å². The highest BCUT2D eigenvalue weighted by Crippen LogP contribution is 1.99. The molecule has 0 radical (unpaired) electrons. The summed E-state index contributed by atoms with van der Waals surface area (Å²) in [6, 6.07) is 0. The molecule has 0 spiro atoms. The predicted octanol–water partition coefficient (Wildman–Crippen LogP) is 0.897. The Hall–Kier alpha value is -1.43. The number of amides is 1. The van der Waals surface area contributed by atoms with Gasteiger partial charge in [-0.2, -0.15) is 0 Å². The van der Waals surface area contributed by atoms with Crippen LogP contribution in [0.3, 0.4) is 0 Å². The minimum absolute atomic E-state index is 0. The summed E-state index contributed by atoms with van der Waals surface area (Å²) in [4.78, 5) is 18.5. The van der Waals surface area contributed by atoms with Crippen LogP contribution in [-0.2, 0) is 22.5 Å². The average Bonchev–Trinajstić information content (AvgIpc) is 2.99. The molecule has 0 saturated heterocycles. The quantitative estimate of drug-likeness (QED) is 0.229. The lowest BCUT2D eigenvalue weighted by atomic mass is 10.1. The van der Waals surface area contributed by atoms with E-state index in [2.05, 4.69) is 25.8 Å². The molecule has 10 heteroatoms. The Kier molecular flexibility index (Phi) is 12.2. The van der Waals surface area contributed by atoms with Crippen LogP contribution in [-0.4, -0.2) is 77.5 Å². The highest BCUT2D eigenvalue weighted by molar-refractivity contribution is 14.0. The van der Waals surface area contributed by atoms with Gasteiger partial charge in [-0.05, 0) is 20.8 Å². The minimum atomic E-state index is -0.260. The van der Waals surface area contributed by atoms with Crippen molar-refractivity contribution in [2.24, 2.45) is 4.99 Å². The van der Waals surface area contributed by atoms with E-state index in [4.69, 9.17) is 4.74 Å². The molecule has 0 fully saturated rings. The van der Waals surface area contributed by atoms with Crippen molar-refractivity contribution in [2.45, 2.75) is 46.2 Å². The number of hydrogen-bond acceptors (Lipinski definition) is 5. The number of carbonyl (C=O) groups is 1. The molecule has 0 bridgehead atoms. The summed E-state index contributed by atoms with van der Waals surface area (Å²) < 4.78 is 7.07. The second-order valence-electron chi connectivity index (χ2n) is 7.07. The molecule has 0 aromatic carbocycles. The van der Waals surface area contributed by atoms with Gasteiger partial charge in [0, 0.05) is 39.2 Å². The zero-order valence-corrected chi connectivity index (χ0v) is 19.6. The molecule has 9 nitrogen and oxygen atoms in total. The van der Waals surface area contributed by atoms with Crippen molar-refractivity contribution in [1.29, 1.82) is 0 Å². The molecule has 156 valence electrons. The number of rotatable bonds is 9. The monoisotopic (exact) mass is 495 g/mol. The molecule has 1 aromatic heterocycles. The van der Waals surface area contributed by atoms with E-state index in [1.807, 2.05) is 44.2 Å². The molecule has 0 unspecified atom stereocenters. The van der Waals surface area contributed by atoms with E-state index in [0.717, 1.165) is 18.8 Å². The summed E-state index contributed by atoms with van der Waals surface area (Å²) in [5.74, 6) is 1.56. The van der Waals surface area contributed by atoms with E-state index in [0.29, 0.717) is 25.7 Å². The first-order valence-corrected chi connectivity index (χ1v) is 8.93. The lowest BCUT2D eigenvalue weighted by Gasteiger charge is -2.25. The number of carbonyl (C=O) groups excluding carboxylic acids is 1. The van der Waals surface area contributed by atoms with Gasteiger partial charge < -0.3 is 24.8 Å². The number of likely N-dealkylation sites (N-methyl/N-ethyl adjacent to an activating group) is 1. The molecule has 0 atom stereocenters. The normalized spacial score (nSPS) is 11.7. The van der Waals surface area contributed by atoms with Crippen LogP contribution in [0, 0.1) is 0 Å². The molecule has 1 rings (SSSR count). The number of methoxy groups -OCH3 is 1. The number of nitrogens with zero attached hydrogens (tertiary/aromatic N) is 5. The van der Waals surface area contributed by atoms with Gasteiger partial charge in [0.1, 0.15) is 12.2 Å². The minimum Gasteiger partial charge on any atom is -0.383 e. The number of guanidine groups is 1. The molecular weight excluding hydrogens is 461 g/mol. The van der Waals surface area contributed by atoms with E-state index in [9.17, 15) is 4.79 Å². The number of aryl methyl sites for hydroxylation is 1. The number of hydrogen-bond donors (Lipinski definition) is 2. The maximum absolute atomic E-state index is 12.2. The van der Waals surface area contributed by atoms with Crippen LogP contribution in [0.25, 0.3) is 0 Å². The third-order valence-corrected chi connectivity index (χ3v) is 3.46. The number of nitrogens with one attached hydrogen (secondary N) is 2. The lowest BCUT2D eigenvalue weighted by molar-refractivity contribution is -0.122. The van der Waals surface area contributed by atoms with Gasteiger partial charge in [-0.25, -0.2) is 0 Å². The Morgan fingerprint density at radius 2 is 2.11 bits per heavy atom. The average molecular weight is 495 g/mol. The summed E-state index contributed by atoms with van der Waals surface area (Å²) >= 11 is 0. The van der Waals surface area contributed by atoms with Gasteiger partial charge in [0.15, 0.2) is 5.96 Å². The Balaban J connectivity index is 0.00000676. The maximum atomic E-state index is 12.2. The van der Waals surface area contributed by atoms with Crippen molar-refractivity contribution in [3.05, 3.63) is 12.2 Å². The number of aliphatic imine (C=N–C) groups is 1. The fraction of sp³-hybridized carbons (Fsp3) is 0.765. The first-order valence-electron chi connectivity index (χ1n) is 8.93. The fourth-order valence-corrected chi connectivity index (χ4v) is 2.33. The Labute approximate surface area is 179 Å². The van der Waals surface area contributed by atoms with Gasteiger partial charge in [-0.1, -0.05) is 6.92 Å². The smallest absolute Gasteiger partial charge is 0.240 e. The molecule has 0 aliphatic heterocycles. The Morgan fingerprint density at radius 3 is 2.70 bits per heavy atom. The van der Waals surface area contributed by atoms with Gasteiger partial charge >= 0.3 is 0 Å². The molecule has 1 heterocycles. The molecule has 0 aliphatic rings. The Bertz CT molecular complexity index is 584. The van der Waals surface area contributed by atoms with Crippen molar-refractivity contribution >= 4 is 35.8 Å². The van der Waals surface area contributed by atoms with Crippen molar-refractivity contribution in [3.63, 3.8) is 0 Å². The Morgan fingerprint density at radius 1 is 1.41 bits per heavy atom. The SMILES string of the molecule is CCc1nncn1CCNC(=NCCOC)N(C)CC(=O)NC(C)(C)C.I. The summed E-state index contributed by atoms with van der Waals surface area (Å²) in [6.07, 6.45) is 2.56. The van der Waals surface area contributed by atoms with Crippen LogP contribution in [0.15, 0.2) is 11.3 Å². The highest BCUT2D eigenvalue weighted by Gasteiger charge is 2.17. The predicted molar refractivity (Wildman–Crippen MR) is 118 cm³/mol. The van der Waals surface area contributed by atoms with Gasteiger partial charge in [0.05, 0.1) is 19.7 Å².